The second-order valence-electron chi connectivity index (χ2n) is 6.69. The molecule has 168 valence electrons. The van der Waals surface area contributed by atoms with Crippen molar-refractivity contribution in [2.75, 3.05) is 10.6 Å². The number of anilines is 2. The first kappa shape index (κ1) is 22.6. The van der Waals surface area contributed by atoms with Gasteiger partial charge in [0.1, 0.15) is 10.7 Å². The summed E-state index contributed by atoms with van der Waals surface area (Å²) in [5, 5.41) is 7.00. The molecule has 2 aromatic carbocycles. The highest BCUT2D eigenvalue weighted by molar-refractivity contribution is 7.13. The van der Waals surface area contributed by atoms with E-state index in [1.54, 1.807) is 24.3 Å². The van der Waals surface area contributed by atoms with Gasteiger partial charge in [-0.1, -0.05) is 23.7 Å². The van der Waals surface area contributed by atoms with Crippen LogP contribution in [0.3, 0.4) is 0 Å². The number of amides is 2. The molecule has 0 fully saturated rings. The van der Waals surface area contributed by atoms with Crippen LogP contribution >= 0.6 is 22.9 Å². The zero-order valence-corrected chi connectivity index (χ0v) is 18.0. The van der Waals surface area contributed by atoms with Crippen LogP contribution in [0.2, 0.25) is 5.02 Å². The molecule has 0 radical (unpaired) electrons. The van der Waals surface area contributed by atoms with E-state index in [2.05, 4.69) is 15.6 Å². The molecule has 4 rings (SSSR count). The van der Waals surface area contributed by atoms with E-state index in [1.165, 1.54) is 29.8 Å². The lowest BCUT2D eigenvalue weighted by Gasteiger charge is -2.15. The van der Waals surface area contributed by atoms with Gasteiger partial charge < -0.3 is 15.1 Å². The van der Waals surface area contributed by atoms with Crippen molar-refractivity contribution in [3.63, 3.8) is 0 Å². The lowest BCUT2D eigenvalue weighted by molar-refractivity contribution is -0.136. The van der Waals surface area contributed by atoms with Gasteiger partial charge in [0.25, 0.3) is 11.8 Å². The smallest absolute Gasteiger partial charge is 0.418 e. The number of carbonyl (C=O) groups excluding carboxylic acids is 2. The number of alkyl halides is 3. The summed E-state index contributed by atoms with van der Waals surface area (Å²) < 4.78 is 45.9. The summed E-state index contributed by atoms with van der Waals surface area (Å²) in [5.74, 6) is -1.57. The van der Waals surface area contributed by atoms with Crippen LogP contribution in [0.15, 0.2) is 70.7 Å². The molecule has 0 bridgehead atoms. The van der Waals surface area contributed by atoms with E-state index < -0.39 is 29.2 Å². The van der Waals surface area contributed by atoms with E-state index >= 15 is 0 Å². The molecule has 0 aliphatic rings. The lowest BCUT2D eigenvalue weighted by Crippen LogP contribution is -2.18. The largest absolute Gasteiger partial charge is 0.459 e. The van der Waals surface area contributed by atoms with Gasteiger partial charge in [0.05, 0.1) is 17.5 Å². The Kier molecular flexibility index (Phi) is 6.21. The minimum Gasteiger partial charge on any atom is -0.459 e. The van der Waals surface area contributed by atoms with Crippen molar-refractivity contribution in [1.29, 1.82) is 0 Å². The number of aromatic nitrogens is 1. The van der Waals surface area contributed by atoms with Gasteiger partial charge in [-0.15, -0.1) is 11.3 Å². The van der Waals surface area contributed by atoms with Crippen LogP contribution in [-0.2, 0) is 6.18 Å². The number of nitrogens with zero attached hydrogens (tertiary/aromatic N) is 1. The average molecular weight is 492 g/mol. The number of benzene rings is 2. The molecule has 2 N–H and O–H groups in total. The van der Waals surface area contributed by atoms with Gasteiger partial charge in [-0.25, -0.2) is 4.98 Å². The standard InChI is InChI=1S/C22H13ClF3N3O3S/c23-13-4-1-3-12(9-13)21-29-17(11-33-21)19(30)28-16-7-6-14(10-15(16)22(24,25)26)27-20(31)18-5-2-8-32-18/h1-11H,(H,27,31)(H,28,30). The summed E-state index contributed by atoms with van der Waals surface area (Å²) in [6.07, 6.45) is -3.52. The Labute approximate surface area is 194 Å². The second-order valence-corrected chi connectivity index (χ2v) is 7.99. The molecule has 0 saturated carbocycles. The molecular weight excluding hydrogens is 479 g/mol. The molecule has 11 heteroatoms. The van der Waals surface area contributed by atoms with Crippen molar-refractivity contribution in [2.45, 2.75) is 6.18 Å². The summed E-state index contributed by atoms with van der Waals surface area (Å²) in [6.45, 7) is 0. The molecule has 0 spiro atoms. The number of carbonyl (C=O) groups is 2. The molecular formula is C22H13ClF3N3O3S. The first-order valence-electron chi connectivity index (χ1n) is 9.29. The Bertz CT molecular complexity index is 1320. The van der Waals surface area contributed by atoms with E-state index in [0.717, 1.165) is 23.5 Å². The van der Waals surface area contributed by atoms with E-state index in [9.17, 15) is 22.8 Å². The fraction of sp³-hybridized carbons (Fsp3) is 0.0455. The number of hydrogen-bond donors (Lipinski definition) is 2. The summed E-state index contributed by atoms with van der Waals surface area (Å²) in [6, 6.07) is 12.7. The molecule has 0 atom stereocenters. The zero-order valence-electron chi connectivity index (χ0n) is 16.4. The number of furan rings is 1. The number of nitrogens with one attached hydrogen (secondary N) is 2. The maximum Gasteiger partial charge on any atom is 0.418 e. The third kappa shape index (κ3) is 5.24. The van der Waals surface area contributed by atoms with Crippen LogP contribution in [0.25, 0.3) is 10.6 Å². The Hall–Kier alpha value is -3.63. The molecule has 4 aromatic rings. The predicted octanol–water partition coefficient (Wildman–Crippen LogP) is 6.58. The van der Waals surface area contributed by atoms with Crippen molar-refractivity contribution < 1.29 is 27.2 Å². The molecule has 2 amide bonds. The minimum atomic E-state index is -4.79. The van der Waals surface area contributed by atoms with Crippen LogP contribution in [0.1, 0.15) is 26.6 Å². The number of thiazole rings is 1. The van der Waals surface area contributed by atoms with Crippen molar-refractivity contribution in [3.8, 4) is 10.6 Å². The van der Waals surface area contributed by atoms with Crippen molar-refractivity contribution in [2.24, 2.45) is 0 Å². The maximum atomic E-state index is 13.6. The first-order valence-corrected chi connectivity index (χ1v) is 10.6. The van der Waals surface area contributed by atoms with Crippen LogP contribution in [0.5, 0.6) is 0 Å². The Balaban J connectivity index is 1.56. The van der Waals surface area contributed by atoms with E-state index in [-0.39, 0.29) is 17.1 Å². The third-order valence-electron chi connectivity index (χ3n) is 4.38. The Morgan fingerprint density at radius 1 is 1.00 bits per heavy atom. The topological polar surface area (TPSA) is 84.2 Å². The quantitative estimate of drug-likeness (QED) is 0.330. The normalized spacial score (nSPS) is 11.3. The predicted molar refractivity (Wildman–Crippen MR) is 119 cm³/mol. The monoisotopic (exact) mass is 491 g/mol. The maximum absolute atomic E-state index is 13.6. The fourth-order valence-electron chi connectivity index (χ4n) is 2.88. The van der Waals surface area contributed by atoms with Crippen LogP contribution in [0, 0.1) is 0 Å². The zero-order chi connectivity index (χ0) is 23.6. The Morgan fingerprint density at radius 2 is 1.82 bits per heavy atom. The van der Waals surface area contributed by atoms with Crippen molar-refractivity contribution in [1.82, 2.24) is 4.98 Å². The first-order chi connectivity index (χ1) is 15.7. The fourth-order valence-corrected chi connectivity index (χ4v) is 3.87. The van der Waals surface area contributed by atoms with Crippen LogP contribution in [-0.4, -0.2) is 16.8 Å². The molecule has 2 heterocycles. The summed E-state index contributed by atoms with van der Waals surface area (Å²) in [4.78, 5) is 28.8. The van der Waals surface area contributed by atoms with Gasteiger partial charge in [-0.05, 0) is 42.5 Å². The molecule has 33 heavy (non-hydrogen) atoms. The van der Waals surface area contributed by atoms with Crippen LogP contribution < -0.4 is 10.6 Å². The second kappa shape index (κ2) is 9.08. The highest BCUT2D eigenvalue weighted by atomic mass is 35.5. The third-order valence-corrected chi connectivity index (χ3v) is 5.51. The molecule has 0 unspecified atom stereocenters. The summed E-state index contributed by atoms with van der Waals surface area (Å²) in [5.41, 5.74) is -1.07. The molecule has 2 aromatic heterocycles. The molecule has 0 aliphatic carbocycles. The lowest BCUT2D eigenvalue weighted by atomic mass is 10.1. The van der Waals surface area contributed by atoms with Gasteiger partial charge in [-0.2, -0.15) is 13.2 Å². The molecule has 0 saturated heterocycles. The van der Waals surface area contributed by atoms with Gasteiger partial charge in [-0.3, -0.25) is 9.59 Å². The minimum absolute atomic E-state index is 0.0432. The highest BCUT2D eigenvalue weighted by Crippen LogP contribution is 2.37. The Morgan fingerprint density at radius 3 is 2.52 bits per heavy atom. The SMILES string of the molecule is O=C(Nc1ccc(NC(=O)c2ccco2)cc1C(F)(F)F)c1csc(-c2cccc(Cl)c2)n1. The molecule has 0 aliphatic heterocycles. The van der Waals surface area contributed by atoms with Gasteiger partial charge in [0, 0.05) is 21.7 Å². The summed E-state index contributed by atoms with van der Waals surface area (Å²) >= 11 is 7.12. The van der Waals surface area contributed by atoms with E-state index in [1.807, 2.05) is 0 Å². The summed E-state index contributed by atoms with van der Waals surface area (Å²) in [7, 11) is 0. The van der Waals surface area contributed by atoms with Gasteiger partial charge in [0.2, 0.25) is 0 Å². The van der Waals surface area contributed by atoms with Crippen molar-refractivity contribution >= 4 is 46.1 Å². The molecule has 6 nitrogen and oxygen atoms in total. The van der Waals surface area contributed by atoms with Gasteiger partial charge in [0.15, 0.2) is 5.76 Å². The van der Waals surface area contributed by atoms with Crippen LogP contribution in [0.4, 0.5) is 24.5 Å². The van der Waals surface area contributed by atoms with Gasteiger partial charge >= 0.3 is 6.18 Å². The van der Waals surface area contributed by atoms with E-state index in [0.29, 0.717) is 15.6 Å². The van der Waals surface area contributed by atoms with E-state index in [4.69, 9.17) is 16.0 Å². The number of hydrogen-bond acceptors (Lipinski definition) is 5. The van der Waals surface area contributed by atoms with Crippen molar-refractivity contribution in [3.05, 3.63) is 88.3 Å². The number of rotatable bonds is 5. The number of halogens is 4. The highest BCUT2D eigenvalue weighted by Gasteiger charge is 2.34. The average Bonchev–Trinajstić information content (AvgIpc) is 3.46.